The number of anilines is 1. The van der Waals surface area contributed by atoms with E-state index < -0.39 is 0 Å². The van der Waals surface area contributed by atoms with E-state index in [9.17, 15) is 18.8 Å². The number of carbonyl (C=O) groups is 3. The molecule has 0 radical (unpaired) electrons. The Bertz CT molecular complexity index is 1230. The lowest BCUT2D eigenvalue weighted by Gasteiger charge is -2.14. The van der Waals surface area contributed by atoms with Crippen molar-refractivity contribution < 1.29 is 23.5 Å². The molecule has 0 atom stereocenters. The van der Waals surface area contributed by atoms with Gasteiger partial charge >= 0.3 is 0 Å². The number of allylic oxidation sites excluding steroid dienone is 1. The van der Waals surface area contributed by atoms with Crippen LogP contribution in [0, 0.1) is 5.82 Å². The lowest BCUT2D eigenvalue weighted by molar-refractivity contribution is -0.119. The second kappa shape index (κ2) is 10.6. The summed E-state index contributed by atoms with van der Waals surface area (Å²) in [5, 5.41) is 0. The van der Waals surface area contributed by atoms with Crippen molar-refractivity contribution in [2.24, 2.45) is 0 Å². The van der Waals surface area contributed by atoms with Crippen LogP contribution >= 0.6 is 0 Å². The smallest absolute Gasteiger partial charge is 0.258 e. The fourth-order valence-corrected chi connectivity index (χ4v) is 3.45. The highest BCUT2D eigenvalue weighted by Gasteiger charge is 2.24. The lowest BCUT2D eigenvalue weighted by atomic mass is 10.1. The molecule has 170 valence electrons. The summed E-state index contributed by atoms with van der Waals surface area (Å²) in [6.45, 7) is 0.958. The lowest BCUT2D eigenvalue weighted by Crippen LogP contribution is -2.29. The number of ether oxygens (including phenoxy) is 1. The first kappa shape index (κ1) is 23.0. The number of hydrogen-bond donors (Lipinski definition) is 0. The van der Waals surface area contributed by atoms with E-state index in [1.165, 1.54) is 42.5 Å². The molecule has 0 unspecified atom stereocenters. The quantitative estimate of drug-likeness (QED) is 0.199. The van der Waals surface area contributed by atoms with Gasteiger partial charge in [-0.3, -0.25) is 14.4 Å². The average Bonchev–Trinajstić information content (AvgIpc) is 3.19. The Morgan fingerprint density at radius 2 is 1.44 bits per heavy atom. The Balaban J connectivity index is 1.22. The summed E-state index contributed by atoms with van der Waals surface area (Å²) in [7, 11) is 0. The fourth-order valence-electron chi connectivity index (χ4n) is 3.45. The molecule has 0 saturated heterocycles. The Morgan fingerprint density at radius 3 is 2.09 bits per heavy atom. The van der Waals surface area contributed by atoms with Crippen molar-refractivity contribution in [3.05, 3.63) is 119 Å². The van der Waals surface area contributed by atoms with Gasteiger partial charge in [-0.25, -0.2) is 9.29 Å². The molecule has 0 aromatic heterocycles. The molecule has 0 N–H and O–H groups in total. The largest absolute Gasteiger partial charge is 0.376 e. The van der Waals surface area contributed by atoms with Crippen molar-refractivity contribution in [3.63, 3.8) is 0 Å². The zero-order valence-corrected chi connectivity index (χ0v) is 18.3. The number of imide groups is 1. The van der Waals surface area contributed by atoms with Crippen LogP contribution in [0.2, 0.25) is 0 Å². The Kier molecular flexibility index (Phi) is 7.20. The second-order valence-electron chi connectivity index (χ2n) is 7.76. The van der Waals surface area contributed by atoms with Gasteiger partial charge in [0.05, 0.1) is 18.9 Å². The molecule has 0 fully saturated rings. The molecule has 3 aromatic carbocycles. The van der Waals surface area contributed by atoms with Crippen molar-refractivity contribution in [3.8, 4) is 0 Å². The molecule has 1 aliphatic heterocycles. The molecule has 2 amide bonds. The van der Waals surface area contributed by atoms with Crippen LogP contribution in [0.25, 0.3) is 6.08 Å². The highest BCUT2D eigenvalue weighted by molar-refractivity contribution is 6.28. The third kappa shape index (κ3) is 5.79. The predicted octanol–water partition coefficient (Wildman–Crippen LogP) is 4.91. The molecule has 1 heterocycles. The van der Waals surface area contributed by atoms with Gasteiger partial charge in [0.2, 0.25) is 0 Å². The Hall–Kier alpha value is -4.16. The fraction of sp³-hybridized carbons (Fsp3) is 0.107. The van der Waals surface area contributed by atoms with Crippen LogP contribution < -0.4 is 4.90 Å². The maximum absolute atomic E-state index is 13.0. The number of benzene rings is 3. The molecular weight excluding hydrogens is 433 g/mol. The van der Waals surface area contributed by atoms with Crippen LogP contribution in [-0.2, 0) is 27.4 Å². The number of rotatable bonds is 9. The number of nitrogens with zero attached hydrogens (tertiary/aromatic N) is 1. The van der Waals surface area contributed by atoms with Gasteiger partial charge < -0.3 is 4.74 Å². The second-order valence-corrected chi connectivity index (χ2v) is 7.76. The monoisotopic (exact) mass is 455 g/mol. The Labute approximate surface area is 196 Å². The maximum Gasteiger partial charge on any atom is 0.258 e. The van der Waals surface area contributed by atoms with Crippen LogP contribution in [0.3, 0.4) is 0 Å². The van der Waals surface area contributed by atoms with Crippen LogP contribution in [0.1, 0.15) is 27.0 Å². The molecule has 0 spiro atoms. The first-order chi connectivity index (χ1) is 16.5. The number of ketones is 1. The molecule has 34 heavy (non-hydrogen) atoms. The van der Waals surface area contributed by atoms with E-state index in [4.69, 9.17) is 4.74 Å². The zero-order chi connectivity index (χ0) is 23.9. The van der Waals surface area contributed by atoms with Crippen molar-refractivity contribution in [2.75, 3.05) is 11.5 Å². The van der Waals surface area contributed by atoms with Crippen molar-refractivity contribution >= 4 is 29.4 Å². The van der Waals surface area contributed by atoms with Crippen molar-refractivity contribution in [2.45, 2.75) is 13.0 Å². The average molecular weight is 455 g/mol. The van der Waals surface area contributed by atoms with Gasteiger partial charge in [-0.2, -0.15) is 0 Å². The van der Waals surface area contributed by atoms with E-state index in [2.05, 4.69) is 0 Å². The van der Waals surface area contributed by atoms with E-state index in [1.54, 1.807) is 18.2 Å². The highest BCUT2D eigenvalue weighted by Crippen LogP contribution is 2.20. The van der Waals surface area contributed by atoms with E-state index >= 15 is 0 Å². The van der Waals surface area contributed by atoms with E-state index in [1.807, 2.05) is 36.4 Å². The molecular formula is C28H22FNO4. The summed E-state index contributed by atoms with van der Waals surface area (Å²) in [5.74, 6) is -1.23. The highest BCUT2D eigenvalue weighted by atomic mass is 19.1. The van der Waals surface area contributed by atoms with Crippen LogP contribution in [0.4, 0.5) is 10.1 Å². The summed E-state index contributed by atoms with van der Waals surface area (Å²) in [6.07, 6.45) is 6.46. The first-order valence-electron chi connectivity index (χ1n) is 10.8. The van der Waals surface area contributed by atoms with E-state index in [0.717, 1.165) is 28.0 Å². The molecule has 4 rings (SSSR count). The van der Waals surface area contributed by atoms with Gasteiger partial charge in [-0.1, -0.05) is 42.5 Å². The van der Waals surface area contributed by atoms with Gasteiger partial charge in [-0.15, -0.1) is 0 Å². The predicted molar refractivity (Wildman–Crippen MR) is 128 cm³/mol. The molecule has 0 saturated carbocycles. The van der Waals surface area contributed by atoms with Crippen molar-refractivity contribution in [1.82, 2.24) is 0 Å². The minimum atomic E-state index is -0.372. The van der Waals surface area contributed by atoms with Gasteiger partial charge in [-0.05, 0) is 65.6 Å². The molecule has 0 bridgehead atoms. The molecule has 5 nitrogen and oxygen atoms in total. The first-order valence-corrected chi connectivity index (χ1v) is 10.8. The number of carbonyl (C=O) groups excluding carboxylic acids is 3. The summed E-state index contributed by atoms with van der Waals surface area (Å²) in [4.78, 5) is 36.7. The molecule has 3 aromatic rings. The molecule has 6 heteroatoms. The summed E-state index contributed by atoms with van der Waals surface area (Å²) in [6, 6.07) is 20.4. The summed E-state index contributed by atoms with van der Waals surface area (Å²) >= 11 is 0. The summed E-state index contributed by atoms with van der Waals surface area (Å²) < 4.78 is 18.7. The SMILES string of the molecule is O=C(C=Cc1ccc(CCOCc2ccc(N3C(=O)C=CC3=O)cc2)cc1)c1ccc(F)cc1. The van der Waals surface area contributed by atoms with Gasteiger partial charge in [0.25, 0.3) is 11.8 Å². The molecule has 1 aliphatic rings. The Morgan fingerprint density at radius 1 is 0.824 bits per heavy atom. The standard InChI is InChI=1S/C28H22FNO4/c29-24-10-8-23(9-11-24)26(31)14-7-20-1-3-21(4-2-20)17-18-34-19-22-5-12-25(13-6-22)30-27(32)15-16-28(30)33/h1-16H,17-19H2. The minimum Gasteiger partial charge on any atom is -0.376 e. The van der Waals surface area contributed by atoms with Crippen LogP contribution in [0.5, 0.6) is 0 Å². The topological polar surface area (TPSA) is 63.7 Å². The zero-order valence-electron chi connectivity index (χ0n) is 18.3. The third-order valence-electron chi connectivity index (χ3n) is 5.34. The maximum atomic E-state index is 13.0. The third-order valence-corrected chi connectivity index (χ3v) is 5.34. The molecule has 0 aliphatic carbocycles. The number of amides is 2. The van der Waals surface area contributed by atoms with Gasteiger partial charge in [0, 0.05) is 17.7 Å². The van der Waals surface area contributed by atoms with Crippen LogP contribution in [-0.4, -0.2) is 24.2 Å². The number of hydrogen-bond acceptors (Lipinski definition) is 4. The van der Waals surface area contributed by atoms with E-state index in [-0.39, 0.29) is 23.4 Å². The van der Waals surface area contributed by atoms with Crippen LogP contribution in [0.15, 0.2) is 91.0 Å². The van der Waals surface area contributed by atoms with E-state index in [0.29, 0.717) is 24.5 Å². The number of halogens is 1. The normalized spacial score (nSPS) is 13.3. The summed E-state index contributed by atoms with van der Waals surface area (Å²) in [5.41, 5.74) is 3.93. The van der Waals surface area contributed by atoms with Gasteiger partial charge in [0.15, 0.2) is 5.78 Å². The minimum absolute atomic E-state index is 0.180. The van der Waals surface area contributed by atoms with Gasteiger partial charge in [0.1, 0.15) is 5.82 Å². The van der Waals surface area contributed by atoms with Crippen molar-refractivity contribution in [1.29, 1.82) is 0 Å².